The summed E-state index contributed by atoms with van der Waals surface area (Å²) < 4.78 is 11.0. The van der Waals surface area contributed by atoms with E-state index in [2.05, 4.69) is 5.32 Å². The molecule has 2 atom stereocenters. The minimum absolute atomic E-state index is 0.108. The fourth-order valence-corrected chi connectivity index (χ4v) is 1.23. The summed E-state index contributed by atoms with van der Waals surface area (Å²) in [6, 6.07) is 0. The van der Waals surface area contributed by atoms with E-state index in [1.54, 1.807) is 20.1 Å². The predicted molar refractivity (Wildman–Crippen MR) is 59.4 cm³/mol. The zero-order valence-electron chi connectivity index (χ0n) is 9.29. The molecule has 0 aliphatic carbocycles. The van der Waals surface area contributed by atoms with Gasteiger partial charge in [0.2, 0.25) is 5.91 Å². The Hall–Kier alpha value is -0.420. The molecule has 0 aliphatic rings. The first-order valence-electron chi connectivity index (χ1n) is 4.64. The number of rotatable bonds is 5. The summed E-state index contributed by atoms with van der Waals surface area (Å²) in [6.07, 6.45) is 2.38. The van der Waals surface area contributed by atoms with E-state index in [1.165, 1.54) is 0 Å². The Labute approximate surface area is 88.1 Å². The lowest BCUT2D eigenvalue weighted by atomic mass is 10.1. The van der Waals surface area contributed by atoms with Gasteiger partial charge in [0.05, 0.1) is 5.54 Å². The van der Waals surface area contributed by atoms with Gasteiger partial charge in [0.15, 0.2) is 0 Å². The van der Waals surface area contributed by atoms with Crippen LogP contribution in [0.15, 0.2) is 0 Å². The Balaban J connectivity index is 3.76. The fourth-order valence-electron chi connectivity index (χ4n) is 0.783. The Morgan fingerprint density at radius 3 is 2.43 bits per heavy atom. The molecule has 0 bridgehead atoms. The van der Waals surface area contributed by atoms with Crippen LogP contribution in [0.4, 0.5) is 0 Å². The summed E-state index contributed by atoms with van der Waals surface area (Å²) in [5.41, 5.74) is 4.74. The van der Waals surface area contributed by atoms with Gasteiger partial charge in [0, 0.05) is 28.9 Å². The normalized spacial score (nSPS) is 16.1. The highest BCUT2D eigenvalue weighted by Crippen LogP contribution is 1.99. The maximum absolute atomic E-state index is 11.3. The average molecular weight is 220 g/mol. The van der Waals surface area contributed by atoms with Crippen LogP contribution in [0.3, 0.4) is 0 Å². The molecule has 14 heavy (non-hydrogen) atoms. The van der Waals surface area contributed by atoms with Gasteiger partial charge >= 0.3 is 0 Å². The second kappa shape index (κ2) is 5.46. The van der Waals surface area contributed by atoms with Crippen LogP contribution in [0.5, 0.6) is 0 Å². The molecule has 0 aromatic carbocycles. The molecule has 1 amide bonds. The standard InChI is InChI=1S/C9H20N2O2S/c1-7(14(4)13)5-6-11-8(12)9(2,3)10/h7H,5-6,10H2,1-4H3,(H,11,12). The number of hydrogen-bond donors (Lipinski definition) is 2. The molecule has 0 spiro atoms. The summed E-state index contributed by atoms with van der Waals surface area (Å²) in [7, 11) is -0.829. The maximum Gasteiger partial charge on any atom is 0.239 e. The van der Waals surface area contributed by atoms with E-state index in [9.17, 15) is 9.00 Å². The van der Waals surface area contributed by atoms with Gasteiger partial charge in [-0.2, -0.15) is 0 Å². The van der Waals surface area contributed by atoms with Gasteiger partial charge in [0.25, 0.3) is 0 Å². The smallest absolute Gasteiger partial charge is 0.239 e. The highest BCUT2D eigenvalue weighted by molar-refractivity contribution is 7.84. The molecule has 0 saturated heterocycles. The molecule has 0 saturated carbocycles. The second-order valence-corrected chi connectivity index (χ2v) is 5.88. The van der Waals surface area contributed by atoms with E-state index in [1.807, 2.05) is 6.92 Å². The molecule has 5 heteroatoms. The Morgan fingerprint density at radius 1 is 1.57 bits per heavy atom. The molecule has 0 fully saturated rings. The lowest BCUT2D eigenvalue weighted by Crippen LogP contribution is -2.49. The summed E-state index contributed by atoms with van der Waals surface area (Å²) in [5, 5.41) is 2.82. The summed E-state index contributed by atoms with van der Waals surface area (Å²) >= 11 is 0. The van der Waals surface area contributed by atoms with Gasteiger partial charge in [-0.25, -0.2) is 0 Å². The van der Waals surface area contributed by atoms with Crippen molar-refractivity contribution in [2.24, 2.45) is 5.73 Å². The van der Waals surface area contributed by atoms with E-state index in [0.717, 1.165) is 0 Å². The highest BCUT2D eigenvalue weighted by Gasteiger charge is 2.21. The quantitative estimate of drug-likeness (QED) is 0.685. The summed E-state index contributed by atoms with van der Waals surface area (Å²) in [5.74, 6) is -0.174. The molecule has 84 valence electrons. The van der Waals surface area contributed by atoms with Crippen molar-refractivity contribution in [3.05, 3.63) is 0 Å². The maximum atomic E-state index is 11.3. The molecular weight excluding hydrogens is 200 g/mol. The van der Waals surface area contributed by atoms with Gasteiger partial charge in [-0.15, -0.1) is 0 Å². The lowest BCUT2D eigenvalue weighted by molar-refractivity contribution is -0.125. The third kappa shape index (κ3) is 5.34. The Kier molecular flexibility index (Phi) is 5.29. The predicted octanol–water partition coefficient (Wildman–Crippen LogP) is -0.00300. The number of carbonyl (C=O) groups excluding carboxylic acids is 1. The van der Waals surface area contributed by atoms with Crippen molar-refractivity contribution in [2.45, 2.75) is 38.0 Å². The third-order valence-electron chi connectivity index (χ3n) is 1.99. The SMILES string of the molecule is CC(CCNC(=O)C(C)(C)N)S(C)=O. The number of carbonyl (C=O) groups is 1. The number of nitrogens with two attached hydrogens (primary N) is 1. The number of amides is 1. The van der Waals surface area contributed by atoms with Crippen LogP contribution in [-0.4, -0.2) is 33.7 Å². The van der Waals surface area contributed by atoms with Gasteiger partial charge in [0.1, 0.15) is 0 Å². The second-order valence-electron chi connectivity index (χ2n) is 4.08. The van der Waals surface area contributed by atoms with Crippen LogP contribution in [0.2, 0.25) is 0 Å². The zero-order valence-corrected chi connectivity index (χ0v) is 10.1. The number of nitrogens with one attached hydrogen (secondary N) is 1. The van der Waals surface area contributed by atoms with Crippen molar-refractivity contribution >= 4 is 16.7 Å². The van der Waals surface area contributed by atoms with E-state index in [-0.39, 0.29) is 11.2 Å². The molecule has 0 heterocycles. The van der Waals surface area contributed by atoms with Crippen molar-refractivity contribution in [1.29, 1.82) is 0 Å². The monoisotopic (exact) mass is 220 g/mol. The van der Waals surface area contributed by atoms with Gasteiger partial charge < -0.3 is 11.1 Å². The average Bonchev–Trinajstić information content (AvgIpc) is 2.01. The Bertz CT molecular complexity index is 223. The highest BCUT2D eigenvalue weighted by atomic mass is 32.2. The van der Waals surface area contributed by atoms with Crippen LogP contribution in [0.25, 0.3) is 0 Å². The lowest BCUT2D eigenvalue weighted by Gasteiger charge is -2.18. The van der Waals surface area contributed by atoms with Crippen molar-refractivity contribution in [2.75, 3.05) is 12.8 Å². The summed E-state index contributed by atoms with van der Waals surface area (Å²) in [4.78, 5) is 11.3. The van der Waals surface area contributed by atoms with Gasteiger partial charge in [-0.05, 0) is 20.3 Å². The van der Waals surface area contributed by atoms with Crippen LogP contribution in [0.1, 0.15) is 27.2 Å². The molecule has 0 aromatic rings. The van der Waals surface area contributed by atoms with Gasteiger partial charge in [-0.3, -0.25) is 9.00 Å². The molecular formula is C9H20N2O2S. The van der Waals surface area contributed by atoms with E-state index >= 15 is 0 Å². The first kappa shape index (κ1) is 13.6. The minimum atomic E-state index is -0.839. The molecule has 0 aliphatic heterocycles. The zero-order chi connectivity index (χ0) is 11.4. The van der Waals surface area contributed by atoms with Gasteiger partial charge in [-0.1, -0.05) is 6.92 Å². The number of hydrogen-bond acceptors (Lipinski definition) is 3. The van der Waals surface area contributed by atoms with Crippen LogP contribution in [0, 0.1) is 0 Å². The van der Waals surface area contributed by atoms with Crippen LogP contribution >= 0.6 is 0 Å². The van der Waals surface area contributed by atoms with Crippen molar-refractivity contribution in [1.82, 2.24) is 5.32 Å². The molecule has 3 N–H and O–H groups in total. The van der Waals surface area contributed by atoms with E-state index in [0.29, 0.717) is 13.0 Å². The minimum Gasteiger partial charge on any atom is -0.354 e. The molecule has 2 unspecified atom stereocenters. The van der Waals surface area contributed by atoms with Crippen LogP contribution in [-0.2, 0) is 15.6 Å². The fraction of sp³-hybridized carbons (Fsp3) is 0.889. The molecule has 4 nitrogen and oxygen atoms in total. The third-order valence-corrected chi connectivity index (χ3v) is 3.36. The van der Waals surface area contributed by atoms with E-state index < -0.39 is 16.3 Å². The summed E-state index contributed by atoms with van der Waals surface area (Å²) in [6.45, 7) is 5.74. The van der Waals surface area contributed by atoms with E-state index in [4.69, 9.17) is 5.73 Å². The molecule has 0 rings (SSSR count). The first-order chi connectivity index (χ1) is 6.25. The molecule has 0 radical (unpaired) electrons. The topological polar surface area (TPSA) is 72.2 Å². The Morgan fingerprint density at radius 2 is 2.07 bits per heavy atom. The van der Waals surface area contributed by atoms with Crippen LogP contribution < -0.4 is 11.1 Å². The largest absolute Gasteiger partial charge is 0.354 e. The van der Waals surface area contributed by atoms with Crippen molar-refractivity contribution in [3.8, 4) is 0 Å². The van der Waals surface area contributed by atoms with Crippen molar-refractivity contribution in [3.63, 3.8) is 0 Å². The molecule has 0 aromatic heterocycles. The first-order valence-corrected chi connectivity index (χ1v) is 6.26. The van der Waals surface area contributed by atoms with Crippen molar-refractivity contribution < 1.29 is 9.00 Å².